The van der Waals surface area contributed by atoms with E-state index < -0.39 is 10.0 Å². The highest BCUT2D eigenvalue weighted by atomic mass is 32.2. The van der Waals surface area contributed by atoms with E-state index in [9.17, 15) is 13.2 Å². The third kappa shape index (κ3) is 5.23. The van der Waals surface area contributed by atoms with Crippen molar-refractivity contribution in [2.75, 3.05) is 11.4 Å². The van der Waals surface area contributed by atoms with Gasteiger partial charge in [0.15, 0.2) is 5.13 Å². The molecule has 1 unspecified atom stereocenters. The van der Waals surface area contributed by atoms with E-state index in [0.717, 1.165) is 52.7 Å². The van der Waals surface area contributed by atoms with E-state index in [-0.39, 0.29) is 23.4 Å². The van der Waals surface area contributed by atoms with Gasteiger partial charge in [-0.1, -0.05) is 36.8 Å². The first kappa shape index (κ1) is 26.5. The summed E-state index contributed by atoms with van der Waals surface area (Å²) < 4.78 is 29.5. The van der Waals surface area contributed by atoms with Crippen LogP contribution in [0.2, 0.25) is 0 Å². The standard InChI is InChI=1S/C29H32N4O3S2/c1-4-24-10-6-8-16-33(24)38(35,36)25-13-11-22(12-14-25)28(34)32(19-23-9-5-7-15-30-23)29-31-26-18-20(2)17-21(3)27(26)37-29/h5,7,9,11-15,17-18,24H,4,6,8,10,16,19H2,1-3H3. The van der Waals surface area contributed by atoms with Crippen LogP contribution in [0.4, 0.5) is 5.13 Å². The molecule has 1 fully saturated rings. The molecule has 7 nitrogen and oxygen atoms in total. The molecular weight excluding hydrogens is 516 g/mol. The van der Waals surface area contributed by atoms with Crippen molar-refractivity contribution in [2.24, 2.45) is 0 Å². The summed E-state index contributed by atoms with van der Waals surface area (Å²) in [6.07, 6.45) is 5.30. The maximum Gasteiger partial charge on any atom is 0.260 e. The number of amides is 1. The van der Waals surface area contributed by atoms with E-state index in [1.165, 1.54) is 11.3 Å². The molecule has 0 radical (unpaired) electrons. The third-order valence-electron chi connectivity index (χ3n) is 7.08. The lowest BCUT2D eigenvalue weighted by Gasteiger charge is -2.34. The van der Waals surface area contributed by atoms with Gasteiger partial charge in [0.05, 0.1) is 27.4 Å². The lowest BCUT2D eigenvalue weighted by atomic mass is 10.0. The molecule has 1 atom stereocenters. The number of nitrogens with zero attached hydrogens (tertiary/aromatic N) is 4. The Morgan fingerprint density at radius 3 is 2.61 bits per heavy atom. The van der Waals surface area contributed by atoms with Crippen LogP contribution in [0.25, 0.3) is 10.2 Å². The van der Waals surface area contributed by atoms with Gasteiger partial charge in [-0.05, 0) is 86.7 Å². The van der Waals surface area contributed by atoms with Gasteiger partial charge in [0, 0.05) is 24.3 Å². The highest BCUT2D eigenvalue weighted by Gasteiger charge is 2.32. The fraction of sp³-hybridized carbons (Fsp3) is 0.345. The largest absolute Gasteiger partial charge is 0.278 e. The second-order valence-corrected chi connectivity index (χ2v) is 12.7. The molecule has 5 rings (SSSR count). The number of carbonyl (C=O) groups excluding carboxylic acids is 1. The van der Waals surface area contributed by atoms with Crippen LogP contribution in [0.1, 0.15) is 59.8 Å². The maximum atomic E-state index is 13.8. The molecule has 0 bridgehead atoms. The minimum Gasteiger partial charge on any atom is -0.278 e. The number of anilines is 1. The van der Waals surface area contributed by atoms with E-state index in [2.05, 4.69) is 11.1 Å². The Hall–Kier alpha value is -3.14. The fourth-order valence-corrected chi connectivity index (χ4v) is 7.90. The second kappa shape index (κ2) is 10.9. The minimum absolute atomic E-state index is 0.0232. The monoisotopic (exact) mass is 548 g/mol. The summed E-state index contributed by atoms with van der Waals surface area (Å²) in [7, 11) is -3.62. The highest BCUT2D eigenvalue weighted by molar-refractivity contribution is 7.89. The van der Waals surface area contributed by atoms with Crippen molar-refractivity contribution in [3.63, 3.8) is 0 Å². The van der Waals surface area contributed by atoms with E-state index in [0.29, 0.717) is 17.2 Å². The zero-order valence-electron chi connectivity index (χ0n) is 21.9. The number of pyridine rings is 1. The summed E-state index contributed by atoms with van der Waals surface area (Å²) >= 11 is 1.48. The van der Waals surface area contributed by atoms with E-state index >= 15 is 0 Å². The van der Waals surface area contributed by atoms with Crippen molar-refractivity contribution in [1.29, 1.82) is 0 Å². The second-order valence-electron chi connectivity index (χ2n) is 9.84. The molecule has 0 aliphatic carbocycles. The summed E-state index contributed by atoms with van der Waals surface area (Å²) in [5, 5.41) is 0.583. The first-order valence-electron chi connectivity index (χ1n) is 13.0. The van der Waals surface area contributed by atoms with Gasteiger partial charge in [-0.3, -0.25) is 14.7 Å². The lowest BCUT2D eigenvalue weighted by Crippen LogP contribution is -2.43. The number of benzene rings is 2. The first-order valence-corrected chi connectivity index (χ1v) is 15.2. The summed E-state index contributed by atoms with van der Waals surface area (Å²) in [5.74, 6) is -0.252. The number of sulfonamides is 1. The van der Waals surface area contributed by atoms with Crippen LogP contribution in [0, 0.1) is 13.8 Å². The van der Waals surface area contributed by atoms with Crippen LogP contribution in [-0.4, -0.2) is 41.2 Å². The van der Waals surface area contributed by atoms with Gasteiger partial charge < -0.3 is 0 Å². The Morgan fingerprint density at radius 1 is 1.11 bits per heavy atom. The number of hydrogen-bond acceptors (Lipinski definition) is 6. The maximum absolute atomic E-state index is 13.8. The quantitative estimate of drug-likeness (QED) is 0.278. The fourth-order valence-electron chi connectivity index (χ4n) is 5.12. The Balaban J connectivity index is 1.48. The van der Waals surface area contributed by atoms with Crippen LogP contribution in [-0.2, 0) is 16.6 Å². The summed E-state index contributed by atoms with van der Waals surface area (Å²) in [4.78, 5) is 24.9. The summed E-state index contributed by atoms with van der Waals surface area (Å²) in [6.45, 7) is 6.90. The number of piperidine rings is 1. The van der Waals surface area contributed by atoms with Crippen molar-refractivity contribution in [3.8, 4) is 0 Å². The van der Waals surface area contributed by atoms with Gasteiger partial charge in [-0.25, -0.2) is 13.4 Å². The predicted molar refractivity (Wildman–Crippen MR) is 152 cm³/mol. The Kier molecular flexibility index (Phi) is 7.61. The van der Waals surface area contributed by atoms with Crippen molar-refractivity contribution in [2.45, 2.75) is 63.9 Å². The topological polar surface area (TPSA) is 83.5 Å². The van der Waals surface area contributed by atoms with Crippen molar-refractivity contribution >= 4 is 42.6 Å². The van der Waals surface area contributed by atoms with Gasteiger partial charge >= 0.3 is 0 Å². The van der Waals surface area contributed by atoms with Gasteiger partial charge in [0.1, 0.15) is 0 Å². The Morgan fingerprint density at radius 2 is 1.89 bits per heavy atom. The molecule has 1 saturated heterocycles. The molecule has 0 N–H and O–H groups in total. The molecule has 2 aromatic carbocycles. The Labute approximate surface area is 228 Å². The highest BCUT2D eigenvalue weighted by Crippen LogP contribution is 2.34. The SMILES string of the molecule is CCC1CCCCN1S(=O)(=O)c1ccc(C(=O)N(Cc2ccccn2)c2nc3cc(C)cc(C)c3s2)cc1. The van der Waals surface area contributed by atoms with Crippen molar-refractivity contribution < 1.29 is 13.2 Å². The van der Waals surface area contributed by atoms with Gasteiger partial charge in [-0.2, -0.15) is 4.31 Å². The van der Waals surface area contributed by atoms with E-state index in [4.69, 9.17) is 4.98 Å². The third-order valence-corrected chi connectivity index (χ3v) is 10.3. The smallest absolute Gasteiger partial charge is 0.260 e. The number of aromatic nitrogens is 2. The average Bonchev–Trinajstić information content (AvgIpc) is 3.36. The van der Waals surface area contributed by atoms with Crippen LogP contribution < -0.4 is 4.90 Å². The average molecular weight is 549 g/mol. The molecule has 38 heavy (non-hydrogen) atoms. The van der Waals surface area contributed by atoms with Crippen LogP contribution in [0.5, 0.6) is 0 Å². The molecule has 4 aromatic rings. The Bertz CT molecular complexity index is 1550. The molecule has 9 heteroatoms. The number of carbonyl (C=O) groups is 1. The molecule has 0 saturated carbocycles. The number of hydrogen-bond donors (Lipinski definition) is 0. The van der Waals surface area contributed by atoms with Gasteiger partial charge in [0.2, 0.25) is 10.0 Å². The molecular formula is C29H32N4O3S2. The van der Waals surface area contributed by atoms with Crippen LogP contribution >= 0.6 is 11.3 Å². The zero-order valence-corrected chi connectivity index (χ0v) is 23.6. The molecule has 0 spiro atoms. The molecule has 1 amide bonds. The van der Waals surface area contributed by atoms with E-state index in [1.807, 2.05) is 45.0 Å². The lowest BCUT2D eigenvalue weighted by molar-refractivity contribution is 0.0984. The molecule has 198 valence electrons. The molecule has 2 aromatic heterocycles. The van der Waals surface area contributed by atoms with E-state index in [1.54, 1.807) is 39.7 Å². The number of aryl methyl sites for hydroxylation is 2. The minimum atomic E-state index is -3.62. The van der Waals surface area contributed by atoms with Crippen molar-refractivity contribution in [3.05, 3.63) is 83.2 Å². The van der Waals surface area contributed by atoms with Crippen molar-refractivity contribution in [1.82, 2.24) is 14.3 Å². The van der Waals surface area contributed by atoms with Crippen LogP contribution in [0.15, 0.2) is 65.7 Å². The zero-order chi connectivity index (χ0) is 26.9. The van der Waals surface area contributed by atoms with Crippen LogP contribution in [0.3, 0.4) is 0 Å². The molecule has 1 aliphatic rings. The predicted octanol–water partition coefficient (Wildman–Crippen LogP) is 6.11. The van der Waals surface area contributed by atoms with Gasteiger partial charge in [0.25, 0.3) is 5.91 Å². The number of rotatable bonds is 7. The molecule has 3 heterocycles. The summed E-state index contributed by atoms with van der Waals surface area (Å²) in [6, 6.07) is 16.1. The number of thiazole rings is 1. The normalized spacial score (nSPS) is 16.6. The summed E-state index contributed by atoms with van der Waals surface area (Å²) in [5.41, 5.74) is 4.23. The first-order chi connectivity index (χ1) is 18.3. The number of fused-ring (bicyclic) bond motifs is 1. The molecule has 1 aliphatic heterocycles. The van der Waals surface area contributed by atoms with Gasteiger partial charge in [-0.15, -0.1) is 0 Å².